The Morgan fingerprint density at radius 2 is 2.06 bits per heavy atom. The Morgan fingerprint density at radius 1 is 1.19 bits per heavy atom. The van der Waals surface area contributed by atoms with Crippen molar-refractivity contribution in [2.45, 2.75) is 37.5 Å². The minimum absolute atomic E-state index is 0.0478. The molecule has 1 fully saturated rings. The van der Waals surface area contributed by atoms with Gasteiger partial charge in [-0.3, -0.25) is 0 Å². The van der Waals surface area contributed by atoms with Crippen molar-refractivity contribution in [3.63, 3.8) is 0 Å². The van der Waals surface area contributed by atoms with Crippen molar-refractivity contribution < 1.29 is 13.2 Å². The average molecular weight is 444 g/mol. The molecule has 4 N–H and O–H groups in total. The van der Waals surface area contributed by atoms with Gasteiger partial charge in [-0.1, -0.05) is 12.1 Å². The molecule has 1 aromatic carbocycles. The van der Waals surface area contributed by atoms with E-state index in [1.807, 2.05) is 17.5 Å². The van der Waals surface area contributed by atoms with Crippen LogP contribution in [-0.4, -0.2) is 32.0 Å². The lowest BCUT2D eigenvalue weighted by molar-refractivity contribution is -0.137. The fourth-order valence-corrected chi connectivity index (χ4v) is 4.65. The zero-order chi connectivity index (χ0) is 21.6. The molecular formula is C21H19F3N6S. The van der Waals surface area contributed by atoms with E-state index in [2.05, 4.69) is 25.3 Å². The molecule has 160 valence electrons. The third-order valence-electron chi connectivity index (χ3n) is 5.59. The van der Waals surface area contributed by atoms with E-state index in [1.54, 1.807) is 18.5 Å². The van der Waals surface area contributed by atoms with Crippen molar-refractivity contribution in [2.24, 2.45) is 5.73 Å². The molecule has 5 rings (SSSR count). The molecule has 2 atom stereocenters. The minimum Gasteiger partial charge on any atom is -0.360 e. The van der Waals surface area contributed by atoms with Crippen LogP contribution in [-0.2, 0) is 6.18 Å². The molecule has 10 heteroatoms. The summed E-state index contributed by atoms with van der Waals surface area (Å²) in [5.74, 6) is 0.152. The highest BCUT2D eigenvalue weighted by molar-refractivity contribution is 7.13. The summed E-state index contributed by atoms with van der Waals surface area (Å²) < 4.78 is 41.3. The molecule has 31 heavy (non-hydrogen) atoms. The molecule has 0 radical (unpaired) electrons. The SMILES string of the molecule is NC1CCCC1Nc1ncc(C(F)(F)F)c(-c2c[nH]c3cc(-c4nccs4)ccc23)n1. The van der Waals surface area contributed by atoms with Gasteiger partial charge in [0.05, 0.1) is 5.69 Å². The lowest BCUT2D eigenvalue weighted by Crippen LogP contribution is -2.35. The molecule has 0 amide bonds. The highest BCUT2D eigenvalue weighted by atomic mass is 32.1. The van der Waals surface area contributed by atoms with E-state index in [0.717, 1.165) is 36.0 Å². The van der Waals surface area contributed by atoms with Crippen LogP contribution in [0.15, 0.2) is 42.2 Å². The number of nitrogens with zero attached hydrogens (tertiary/aromatic N) is 3. The van der Waals surface area contributed by atoms with Crippen LogP contribution in [0.5, 0.6) is 0 Å². The number of fused-ring (bicyclic) bond motifs is 1. The maximum Gasteiger partial charge on any atom is 0.419 e. The second kappa shape index (κ2) is 7.61. The Balaban J connectivity index is 1.59. The number of benzene rings is 1. The first-order valence-electron chi connectivity index (χ1n) is 9.88. The number of hydrogen-bond acceptors (Lipinski definition) is 6. The van der Waals surface area contributed by atoms with Gasteiger partial charge >= 0.3 is 6.18 Å². The van der Waals surface area contributed by atoms with Gasteiger partial charge in [0.1, 0.15) is 10.6 Å². The molecule has 0 aliphatic heterocycles. The van der Waals surface area contributed by atoms with Gasteiger partial charge in [0.2, 0.25) is 5.95 Å². The summed E-state index contributed by atoms with van der Waals surface area (Å²) in [5.41, 5.74) is 7.02. The zero-order valence-corrected chi connectivity index (χ0v) is 17.1. The number of aromatic nitrogens is 4. The summed E-state index contributed by atoms with van der Waals surface area (Å²) in [5, 5.41) is 6.48. The number of alkyl halides is 3. The quantitative estimate of drug-likeness (QED) is 0.409. The maximum absolute atomic E-state index is 13.8. The molecule has 3 heterocycles. The van der Waals surface area contributed by atoms with E-state index >= 15 is 0 Å². The number of anilines is 1. The van der Waals surface area contributed by atoms with E-state index in [-0.39, 0.29) is 23.7 Å². The smallest absolute Gasteiger partial charge is 0.360 e. The summed E-state index contributed by atoms with van der Waals surface area (Å²) in [6, 6.07) is 5.41. The average Bonchev–Trinajstić information content (AvgIpc) is 3.48. The number of H-pyrrole nitrogens is 1. The van der Waals surface area contributed by atoms with Crippen LogP contribution in [0, 0.1) is 0 Å². The highest BCUT2D eigenvalue weighted by Gasteiger charge is 2.36. The summed E-state index contributed by atoms with van der Waals surface area (Å²) >= 11 is 1.50. The van der Waals surface area contributed by atoms with Crippen LogP contribution in [0.4, 0.5) is 19.1 Å². The Hall–Kier alpha value is -2.98. The van der Waals surface area contributed by atoms with E-state index in [1.165, 1.54) is 11.3 Å². The summed E-state index contributed by atoms with van der Waals surface area (Å²) in [6.45, 7) is 0. The molecule has 4 aromatic rings. The number of aromatic amines is 1. The number of rotatable bonds is 4. The van der Waals surface area contributed by atoms with Crippen LogP contribution < -0.4 is 11.1 Å². The largest absolute Gasteiger partial charge is 0.419 e. The molecule has 1 saturated carbocycles. The van der Waals surface area contributed by atoms with Crippen LogP contribution in [0.25, 0.3) is 32.7 Å². The van der Waals surface area contributed by atoms with E-state index < -0.39 is 11.7 Å². The lowest BCUT2D eigenvalue weighted by atomic mass is 10.0. The topological polar surface area (TPSA) is 92.5 Å². The van der Waals surface area contributed by atoms with Gasteiger partial charge in [-0.25, -0.2) is 15.0 Å². The second-order valence-corrected chi connectivity index (χ2v) is 8.49. The van der Waals surface area contributed by atoms with Gasteiger partial charge < -0.3 is 16.0 Å². The third kappa shape index (κ3) is 3.77. The first kappa shape index (κ1) is 20.0. The van der Waals surface area contributed by atoms with E-state index in [0.29, 0.717) is 16.5 Å². The molecule has 1 aliphatic rings. The van der Waals surface area contributed by atoms with Gasteiger partial charge in [0, 0.05) is 58.1 Å². The van der Waals surface area contributed by atoms with E-state index in [9.17, 15) is 13.2 Å². The fraction of sp³-hybridized carbons (Fsp3) is 0.286. The zero-order valence-electron chi connectivity index (χ0n) is 16.3. The predicted molar refractivity (Wildman–Crippen MR) is 115 cm³/mol. The Labute approximate surface area is 179 Å². The first-order valence-corrected chi connectivity index (χ1v) is 10.8. The van der Waals surface area contributed by atoms with Gasteiger partial charge in [-0.15, -0.1) is 11.3 Å². The van der Waals surface area contributed by atoms with Crippen LogP contribution >= 0.6 is 11.3 Å². The molecule has 0 saturated heterocycles. The Morgan fingerprint density at radius 3 is 2.77 bits per heavy atom. The monoisotopic (exact) mass is 444 g/mol. The van der Waals surface area contributed by atoms with Crippen LogP contribution in [0.1, 0.15) is 24.8 Å². The number of halogens is 3. The minimum atomic E-state index is -4.58. The predicted octanol–water partition coefficient (Wildman–Crippen LogP) is 5.06. The third-order valence-corrected chi connectivity index (χ3v) is 6.42. The van der Waals surface area contributed by atoms with Gasteiger partial charge in [-0.2, -0.15) is 13.2 Å². The number of nitrogens with two attached hydrogens (primary N) is 1. The highest BCUT2D eigenvalue weighted by Crippen LogP contribution is 2.39. The van der Waals surface area contributed by atoms with Crippen molar-refractivity contribution in [3.05, 3.63) is 47.7 Å². The maximum atomic E-state index is 13.8. The number of hydrogen-bond donors (Lipinski definition) is 3. The summed E-state index contributed by atoms with van der Waals surface area (Å²) in [4.78, 5) is 15.6. The molecular weight excluding hydrogens is 425 g/mol. The van der Waals surface area contributed by atoms with Crippen molar-refractivity contribution in [1.82, 2.24) is 19.9 Å². The Kier molecular flexibility index (Phi) is 4.90. The van der Waals surface area contributed by atoms with Gasteiger partial charge in [0.25, 0.3) is 0 Å². The molecule has 0 spiro atoms. The van der Waals surface area contributed by atoms with Crippen molar-refractivity contribution >= 4 is 28.2 Å². The normalized spacial score (nSPS) is 19.2. The number of nitrogens with one attached hydrogen (secondary N) is 2. The number of thiazole rings is 1. The Bertz CT molecular complexity index is 1220. The van der Waals surface area contributed by atoms with Gasteiger partial charge in [-0.05, 0) is 25.3 Å². The summed E-state index contributed by atoms with van der Waals surface area (Å²) in [7, 11) is 0. The van der Waals surface area contributed by atoms with Crippen molar-refractivity contribution in [3.8, 4) is 21.8 Å². The second-order valence-electron chi connectivity index (χ2n) is 7.60. The standard InChI is InChI=1S/C21H19F3N6S/c22-21(23,24)14-10-28-20(29-16-3-1-2-15(16)25)30-18(14)13-9-27-17-8-11(4-5-12(13)17)19-26-6-7-31-19/h4-10,15-16,27H,1-3,25H2,(H,28,29,30). The fourth-order valence-electron chi connectivity index (χ4n) is 4.02. The van der Waals surface area contributed by atoms with E-state index in [4.69, 9.17) is 5.73 Å². The van der Waals surface area contributed by atoms with Crippen molar-refractivity contribution in [2.75, 3.05) is 5.32 Å². The molecule has 3 aromatic heterocycles. The molecule has 2 unspecified atom stereocenters. The first-order chi connectivity index (χ1) is 14.9. The lowest BCUT2D eigenvalue weighted by Gasteiger charge is -2.18. The molecule has 6 nitrogen and oxygen atoms in total. The summed E-state index contributed by atoms with van der Waals surface area (Å²) in [6.07, 6.45) is 2.21. The van der Waals surface area contributed by atoms with Crippen LogP contribution in [0.3, 0.4) is 0 Å². The van der Waals surface area contributed by atoms with Gasteiger partial charge in [0.15, 0.2) is 0 Å². The van der Waals surface area contributed by atoms with Crippen LogP contribution in [0.2, 0.25) is 0 Å². The molecule has 0 bridgehead atoms. The van der Waals surface area contributed by atoms with Crippen molar-refractivity contribution in [1.29, 1.82) is 0 Å². The molecule has 1 aliphatic carbocycles.